The van der Waals surface area contributed by atoms with E-state index in [1.165, 1.54) is 11.6 Å². The van der Waals surface area contributed by atoms with Gasteiger partial charge >= 0.3 is 5.97 Å². The zero-order valence-corrected chi connectivity index (χ0v) is 16.8. The average molecular weight is 400 g/mol. The molecule has 1 aliphatic heterocycles. The van der Waals surface area contributed by atoms with Crippen molar-refractivity contribution in [3.05, 3.63) is 40.5 Å². The van der Waals surface area contributed by atoms with Crippen LogP contribution in [0.4, 0.5) is 10.1 Å². The number of amides is 1. The Balaban J connectivity index is 1.82. The number of nitrogens with two attached hydrogens (primary N) is 1. The van der Waals surface area contributed by atoms with Gasteiger partial charge < -0.3 is 15.8 Å². The van der Waals surface area contributed by atoms with Crippen molar-refractivity contribution in [2.24, 2.45) is 11.1 Å². The molecule has 1 aromatic carbocycles. The van der Waals surface area contributed by atoms with E-state index in [2.05, 4.69) is 24.3 Å². The van der Waals surface area contributed by atoms with Crippen LogP contribution in [0.25, 0.3) is 5.69 Å². The summed E-state index contributed by atoms with van der Waals surface area (Å²) in [6.45, 7) is 6.65. The number of nitrogens with one attached hydrogen (secondary N) is 1. The molecular formula is C21H25FN4O3. The standard InChI is InChI=1S/C21H25FN4O3/c1-11-13-4-6-21(2,3)10-17(13)26(25-11)12-8-14(22)18(19(23)27)16(9-12)24-15-5-7-29-20(15)28/h8-9,15,24H,4-7,10H2,1-3H3,(H2,23,27). The average Bonchev–Trinajstić information content (AvgIpc) is 3.16. The third-order valence-electron chi connectivity index (χ3n) is 5.82. The Hall–Kier alpha value is -2.90. The molecule has 8 heteroatoms. The number of rotatable bonds is 4. The Morgan fingerprint density at radius 3 is 2.83 bits per heavy atom. The number of benzene rings is 1. The van der Waals surface area contributed by atoms with Crippen molar-refractivity contribution in [2.75, 3.05) is 11.9 Å². The van der Waals surface area contributed by atoms with Gasteiger partial charge in [-0.25, -0.2) is 13.9 Å². The number of carbonyl (C=O) groups excluding carboxylic acids is 2. The lowest BCUT2D eigenvalue weighted by Gasteiger charge is -2.30. The first-order valence-corrected chi connectivity index (χ1v) is 9.80. The molecule has 1 fully saturated rings. The molecule has 0 saturated carbocycles. The number of aryl methyl sites for hydroxylation is 1. The Kier molecular flexibility index (Phi) is 4.59. The van der Waals surface area contributed by atoms with Crippen LogP contribution in [0.5, 0.6) is 0 Å². The quantitative estimate of drug-likeness (QED) is 0.769. The number of anilines is 1. The van der Waals surface area contributed by atoms with Crippen LogP contribution in [0.3, 0.4) is 0 Å². The minimum atomic E-state index is -0.900. The highest BCUT2D eigenvalue weighted by Gasteiger charge is 2.32. The summed E-state index contributed by atoms with van der Waals surface area (Å²) in [5.41, 5.74) is 9.09. The summed E-state index contributed by atoms with van der Waals surface area (Å²) in [7, 11) is 0. The highest BCUT2D eigenvalue weighted by Crippen LogP contribution is 2.37. The van der Waals surface area contributed by atoms with Gasteiger partial charge in [0.25, 0.3) is 5.91 Å². The number of nitrogens with zero attached hydrogens (tertiary/aromatic N) is 2. The van der Waals surface area contributed by atoms with Crippen molar-refractivity contribution in [3.8, 4) is 5.69 Å². The Bertz CT molecular complexity index is 1010. The van der Waals surface area contributed by atoms with Crippen LogP contribution < -0.4 is 11.1 Å². The molecule has 154 valence electrons. The van der Waals surface area contributed by atoms with E-state index >= 15 is 0 Å². The van der Waals surface area contributed by atoms with Gasteiger partial charge in [-0.3, -0.25) is 4.79 Å². The lowest BCUT2D eigenvalue weighted by atomic mass is 9.76. The summed E-state index contributed by atoms with van der Waals surface area (Å²) in [6.07, 6.45) is 3.25. The molecular weight excluding hydrogens is 375 g/mol. The number of esters is 1. The number of ether oxygens (including phenoxy) is 1. The molecule has 3 N–H and O–H groups in total. The molecule has 1 aromatic heterocycles. The fourth-order valence-electron chi connectivity index (χ4n) is 4.23. The zero-order valence-electron chi connectivity index (χ0n) is 16.8. The summed E-state index contributed by atoms with van der Waals surface area (Å²) in [5.74, 6) is -2.08. The maximum Gasteiger partial charge on any atom is 0.328 e. The van der Waals surface area contributed by atoms with Gasteiger partial charge in [-0.15, -0.1) is 0 Å². The number of cyclic esters (lactones) is 1. The van der Waals surface area contributed by atoms with E-state index in [4.69, 9.17) is 10.5 Å². The van der Waals surface area contributed by atoms with Crippen molar-refractivity contribution < 1.29 is 18.7 Å². The molecule has 4 rings (SSSR count). The summed E-state index contributed by atoms with van der Waals surface area (Å²) >= 11 is 0. The molecule has 1 unspecified atom stereocenters. The first-order chi connectivity index (χ1) is 13.7. The monoisotopic (exact) mass is 400 g/mol. The Morgan fingerprint density at radius 2 is 2.17 bits per heavy atom. The third kappa shape index (κ3) is 3.47. The molecule has 1 saturated heterocycles. The second kappa shape index (κ2) is 6.86. The van der Waals surface area contributed by atoms with Gasteiger partial charge in [0.05, 0.1) is 29.2 Å². The van der Waals surface area contributed by atoms with Crippen molar-refractivity contribution in [1.29, 1.82) is 0 Å². The second-order valence-corrected chi connectivity index (χ2v) is 8.63. The van der Waals surface area contributed by atoms with Crippen LogP contribution in [-0.2, 0) is 22.4 Å². The summed E-state index contributed by atoms with van der Waals surface area (Å²) < 4.78 is 21.6. The first-order valence-electron chi connectivity index (χ1n) is 9.80. The van der Waals surface area contributed by atoms with E-state index in [1.54, 1.807) is 10.7 Å². The van der Waals surface area contributed by atoms with Gasteiger partial charge in [0.2, 0.25) is 0 Å². The van der Waals surface area contributed by atoms with Crippen molar-refractivity contribution in [3.63, 3.8) is 0 Å². The number of primary amides is 1. The lowest BCUT2D eigenvalue weighted by molar-refractivity contribution is -0.138. The van der Waals surface area contributed by atoms with Crippen LogP contribution in [0.15, 0.2) is 12.1 Å². The van der Waals surface area contributed by atoms with Gasteiger partial charge in [-0.2, -0.15) is 5.10 Å². The van der Waals surface area contributed by atoms with Crippen LogP contribution in [0.2, 0.25) is 0 Å². The summed E-state index contributed by atoms with van der Waals surface area (Å²) in [4.78, 5) is 23.7. The van der Waals surface area contributed by atoms with E-state index in [0.29, 0.717) is 12.1 Å². The zero-order chi connectivity index (χ0) is 20.9. The highest BCUT2D eigenvalue weighted by atomic mass is 19.1. The number of halogens is 1. The topological polar surface area (TPSA) is 99.2 Å². The van der Waals surface area contributed by atoms with Crippen molar-refractivity contribution in [2.45, 2.75) is 52.5 Å². The SMILES string of the molecule is Cc1nn(-c2cc(F)c(C(N)=O)c(NC3CCOC3=O)c2)c2c1CCC(C)(C)C2. The number of hydrogen-bond acceptors (Lipinski definition) is 5. The molecule has 29 heavy (non-hydrogen) atoms. The first kappa shape index (κ1) is 19.4. The minimum Gasteiger partial charge on any atom is -0.464 e. The van der Waals surface area contributed by atoms with E-state index in [0.717, 1.165) is 30.7 Å². The second-order valence-electron chi connectivity index (χ2n) is 8.63. The maximum absolute atomic E-state index is 14.9. The molecule has 2 heterocycles. The van der Waals surface area contributed by atoms with Crippen molar-refractivity contribution in [1.82, 2.24) is 9.78 Å². The van der Waals surface area contributed by atoms with Crippen LogP contribution in [0, 0.1) is 18.2 Å². The molecule has 1 aliphatic carbocycles. The van der Waals surface area contributed by atoms with E-state index in [-0.39, 0.29) is 23.3 Å². The molecule has 0 spiro atoms. The van der Waals surface area contributed by atoms with E-state index in [1.807, 2.05) is 6.92 Å². The molecule has 2 aliphatic rings. The maximum atomic E-state index is 14.9. The fraction of sp³-hybridized carbons (Fsp3) is 0.476. The predicted molar refractivity (Wildman–Crippen MR) is 106 cm³/mol. The number of hydrogen-bond donors (Lipinski definition) is 2. The molecule has 1 amide bonds. The lowest BCUT2D eigenvalue weighted by Crippen LogP contribution is -2.27. The van der Waals surface area contributed by atoms with E-state index in [9.17, 15) is 14.0 Å². The largest absolute Gasteiger partial charge is 0.464 e. The molecule has 0 radical (unpaired) electrons. The minimum absolute atomic E-state index is 0.123. The smallest absolute Gasteiger partial charge is 0.328 e. The van der Waals surface area contributed by atoms with Gasteiger partial charge in [0, 0.05) is 18.2 Å². The predicted octanol–water partition coefficient (Wildman–Crippen LogP) is 2.66. The third-order valence-corrected chi connectivity index (χ3v) is 5.82. The normalized spacial score (nSPS) is 20.3. The molecule has 0 bridgehead atoms. The summed E-state index contributed by atoms with van der Waals surface area (Å²) in [5, 5.41) is 7.58. The number of carbonyl (C=O) groups is 2. The van der Waals surface area contributed by atoms with Crippen molar-refractivity contribution >= 4 is 17.6 Å². The molecule has 7 nitrogen and oxygen atoms in total. The van der Waals surface area contributed by atoms with Gasteiger partial charge in [0.1, 0.15) is 11.9 Å². The highest BCUT2D eigenvalue weighted by molar-refractivity contribution is 6.00. The number of fused-ring (bicyclic) bond motifs is 1. The van der Waals surface area contributed by atoms with Crippen LogP contribution in [0.1, 0.15) is 54.0 Å². The van der Waals surface area contributed by atoms with Gasteiger partial charge in [-0.1, -0.05) is 13.8 Å². The molecule has 1 atom stereocenters. The fourth-order valence-corrected chi connectivity index (χ4v) is 4.23. The number of aromatic nitrogens is 2. The Labute approximate surface area is 168 Å². The van der Waals surface area contributed by atoms with Crippen LogP contribution in [-0.4, -0.2) is 34.3 Å². The molecule has 2 aromatic rings. The van der Waals surface area contributed by atoms with E-state index < -0.39 is 23.7 Å². The van der Waals surface area contributed by atoms with Gasteiger partial charge in [0.15, 0.2) is 0 Å². The summed E-state index contributed by atoms with van der Waals surface area (Å²) in [6, 6.07) is 2.25. The Morgan fingerprint density at radius 1 is 1.41 bits per heavy atom. The van der Waals surface area contributed by atoms with Crippen LogP contribution >= 0.6 is 0 Å². The van der Waals surface area contributed by atoms with Gasteiger partial charge in [-0.05, 0) is 43.2 Å².